The maximum absolute atomic E-state index is 5.33. The van der Waals surface area contributed by atoms with Gasteiger partial charge in [0.05, 0.1) is 0 Å². The highest BCUT2D eigenvalue weighted by Gasteiger charge is 2.16. The highest BCUT2D eigenvalue weighted by molar-refractivity contribution is 7.89. The third kappa shape index (κ3) is 3.50. The van der Waals surface area contributed by atoms with Crippen molar-refractivity contribution >= 4 is 34.4 Å². The largest absolute Gasteiger partial charge is 0.361 e. The van der Waals surface area contributed by atoms with Gasteiger partial charge >= 0.3 is 0 Å². The first-order valence-corrected chi connectivity index (χ1v) is 5.83. The van der Waals surface area contributed by atoms with Crippen LogP contribution in [0.4, 0.5) is 0 Å². The fourth-order valence-electron chi connectivity index (χ4n) is 1.03. The van der Waals surface area contributed by atoms with Crippen molar-refractivity contribution in [3.8, 4) is 0 Å². The molecule has 0 rings (SSSR count). The summed E-state index contributed by atoms with van der Waals surface area (Å²) < 4.78 is 0. The van der Waals surface area contributed by atoms with Gasteiger partial charge in [-0.05, 0) is 27.7 Å². The van der Waals surface area contributed by atoms with E-state index in [-0.39, 0.29) is 0 Å². The number of rotatable bonds is 3. The summed E-state index contributed by atoms with van der Waals surface area (Å²) in [5.74, 6) is 0. The molecule has 0 fully saturated rings. The standard InChI is InChI=1S/C10H20N2S2/c1-6-12(7-2)10(14)9(13)11(5)8(3)4/h8H,6-7H2,1-5H3. The SMILES string of the molecule is CCN(CC)C(=S)C(=S)N(C)C(C)C. The Morgan fingerprint density at radius 3 is 1.79 bits per heavy atom. The zero-order valence-corrected chi connectivity index (χ0v) is 11.3. The average Bonchev–Trinajstić information content (AvgIpc) is 2.17. The first kappa shape index (κ1) is 13.8. The predicted octanol–water partition coefficient (Wildman–Crippen LogP) is 2.32. The van der Waals surface area contributed by atoms with Crippen molar-refractivity contribution in [3.05, 3.63) is 0 Å². The van der Waals surface area contributed by atoms with Gasteiger partial charge in [-0.2, -0.15) is 0 Å². The van der Waals surface area contributed by atoms with Crippen molar-refractivity contribution < 1.29 is 0 Å². The summed E-state index contributed by atoms with van der Waals surface area (Å²) >= 11 is 10.7. The molecule has 0 aliphatic carbocycles. The maximum Gasteiger partial charge on any atom is 0.136 e. The van der Waals surface area contributed by atoms with Crippen molar-refractivity contribution in [2.24, 2.45) is 0 Å². The molecule has 0 spiro atoms. The lowest BCUT2D eigenvalue weighted by atomic mass is 10.3. The molecule has 0 aliphatic rings. The number of hydrogen-bond donors (Lipinski definition) is 0. The molecule has 0 aliphatic heterocycles. The lowest BCUT2D eigenvalue weighted by molar-refractivity contribution is 0.418. The smallest absolute Gasteiger partial charge is 0.136 e. The molecular formula is C10H20N2S2. The van der Waals surface area contributed by atoms with E-state index in [4.69, 9.17) is 24.4 Å². The van der Waals surface area contributed by atoms with Crippen LogP contribution in [0.25, 0.3) is 0 Å². The fourth-order valence-corrected chi connectivity index (χ4v) is 1.77. The average molecular weight is 232 g/mol. The van der Waals surface area contributed by atoms with Crippen LogP contribution in [-0.2, 0) is 0 Å². The maximum atomic E-state index is 5.33. The van der Waals surface area contributed by atoms with E-state index in [0.717, 1.165) is 23.1 Å². The van der Waals surface area contributed by atoms with Gasteiger partial charge in [0.15, 0.2) is 0 Å². The van der Waals surface area contributed by atoms with Crippen LogP contribution in [0.2, 0.25) is 0 Å². The molecule has 0 radical (unpaired) electrons. The van der Waals surface area contributed by atoms with E-state index in [1.807, 2.05) is 11.9 Å². The van der Waals surface area contributed by atoms with Crippen LogP contribution >= 0.6 is 24.4 Å². The Kier molecular flexibility index (Phi) is 6.20. The molecule has 0 heterocycles. The summed E-state index contributed by atoms with van der Waals surface area (Å²) in [5.41, 5.74) is 0. The van der Waals surface area contributed by atoms with Gasteiger partial charge in [0.25, 0.3) is 0 Å². The minimum absolute atomic E-state index is 0.399. The highest BCUT2D eigenvalue weighted by Crippen LogP contribution is 2.02. The number of likely N-dealkylation sites (N-methyl/N-ethyl adjacent to an activating group) is 2. The molecule has 0 saturated carbocycles. The van der Waals surface area contributed by atoms with Crippen LogP contribution in [0.1, 0.15) is 27.7 Å². The third-order valence-corrected chi connectivity index (χ3v) is 3.39. The van der Waals surface area contributed by atoms with Crippen molar-refractivity contribution in [1.82, 2.24) is 9.80 Å². The van der Waals surface area contributed by atoms with Crippen molar-refractivity contribution in [3.63, 3.8) is 0 Å². The normalized spacial score (nSPS) is 10.1. The summed E-state index contributed by atoms with van der Waals surface area (Å²) in [4.78, 5) is 5.71. The summed E-state index contributed by atoms with van der Waals surface area (Å²) in [6.45, 7) is 10.2. The van der Waals surface area contributed by atoms with Crippen LogP contribution in [0.3, 0.4) is 0 Å². The van der Waals surface area contributed by atoms with Crippen LogP contribution in [0, 0.1) is 0 Å². The summed E-state index contributed by atoms with van der Waals surface area (Å²) in [7, 11) is 1.99. The molecule has 0 atom stereocenters. The fraction of sp³-hybridized carbons (Fsp3) is 0.800. The molecule has 82 valence electrons. The molecule has 0 N–H and O–H groups in total. The van der Waals surface area contributed by atoms with Gasteiger partial charge in [0.1, 0.15) is 9.98 Å². The minimum atomic E-state index is 0.399. The van der Waals surface area contributed by atoms with Gasteiger partial charge in [0.2, 0.25) is 0 Å². The Hall–Kier alpha value is -0.220. The quantitative estimate of drug-likeness (QED) is 0.689. The molecule has 2 nitrogen and oxygen atoms in total. The van der Waals surface area contributed by atoms with Crippen LogP contribution in [-0.4, -0.2) is 46.0 Å². The second-order valence-corrected chi connectivity index (χ2v) is 4.26. The van der Waals surface area contributed by atoms with Crippen LogP contribution in [0.5, 0.6) is 0 Å². The summed E-state index contributed by atoms with van der Waals surface area (Å²) in [6.07, 6.45) is 0. The summed E-state index contributed by atoms with van der Waals surface area (Å²) in [5, 5.41) is 0. The van der Waals surface area contributed by atoms with Gasteiger partial charge in [-0.25, -0.2) is 0 Å². The van der Waals surface area contributed by atoms with E-state index >= 15 is 0 Å². The van der Waals surface area contributed by atoms with E-state index in [1.54, 1.807) is 0 Å². The van der Waals surface area contributed by atoms with Crippen molar-refractivity contribution in [1.29, 1.82) is 0 Å². The topological polar surface area (TPSA) is 6.48 Å². The monoisotopic (exact) mass is 232 g/mol. The molecule has 0 amide bonds. The molecule has 0 aromatic heterocycles. The lowest BCUT2D eigenvalue weighted by Crippen LogP contribution is -2.43. The summed E-state index contributed by atoms with van der Waals surface area (Å²) in [6, 6.07) is 0.399. The number of hydrogen-bond acceptors (Lipinski definition) is 2. The van der Waals surface area contributed by atoms with E-state index in [9.17, 15) is 0 Å². The van der Waals surface area contributed by atoms with E-state index in [2.05, 4.69) is 32.6 Å². The Bertz CT molecular complexity index is 198. The Balaban J connectivity index is 4.45. The van der Waals surface area contributed by atoms with Crippen LogP contribution < -0.4 is 0 Å². The van der Waals surface area contributed by atoms with Gasteiger partial charge in [0, 0.05) is 26.2 Å². The predicted molar refractivity (Wildman–Crippen MR) is 71.0 cm³/mol. The molecule has 0 aromatic carbocycles. The number of thiocarbonyl (C=S) groups is 2. The third-order valence-electron chi connectivity index (χ3n) is 2.33. The van der Waals surface area contributed by atoms with Gasteiger partial charge < -0.3 is 9.80 Å². The molecule has 14 heavy (non-hydrogen) atoms. The second kappa shape index (κ2) is 6.30. The van der Waals surface area contributed by atoms with E-state index in [1.165, 1.54) is 0 Å². The van der Waals surface area contributed by atoms with Gasteiger partial charge in [-0.15, -0.1) is 0 Å². The lowest BCUT2D eigenvalue weighted by Gasteiger charge is -2.29. The zero-order valence-electron chi connectivity index (χ0n) is 9.70. The molecule has 0 unspecified atom stereocenters. The van der Waals surface area contributed by atoms with E-state index < -0.39 is 0 Å². The number of nitrogens with zero attached hydrogens (tertiary/aromatic N) is 2. The first-order chi connectivity index (χ1) is 6.45. The van der Waals surface area contributed by atoms with Crippen molar-refractivity contribution in [2.75, 3.05) is 20.1 Å². The highest BCUT2D eigenvalue weighted by atomic mass is 32.1. The zero-order chi connectivity index (χ0) is 11.3. The molecular weight excluding hydrogens is 212 g/mol. The van der Waals surface area contributed by atoms with Crippen molar-refractivity contribution in [2.45, 2.75) is 33.7 Å². The van der Waals surface area contributed by atoms with Crippen LogP contribution in [0.15, 0.2) is 0 Å². The molecule has 4 heteroatoms. The minimum Gasteiger partial charge on any atom is -0.361 e. The van der Waals surface area contributed by atoms with Gasteiger partial charge in [-0.3, -0.25) is 0 Å². The Labute approximate surface area is 98.3 Å². The first-order valence-electron chi connectivity index (χ1n) is 5.01. The molecule has 0 bridgehead atoms. The Morgan fingerprint density at radius 1 is 1.07 bits per heavy atom. The van der Waals surface area contributed by atoms with E-state index in [0.29, 0.717) is 6.04 Å². The molecule has 0 saturated heterocycles. The molecule has 0 aromatic rings. The van der Waals surface area contributed by atoms with Gasteiger partial charge in [-0.1, -0.05) is 24.4 Å². The second-order valence-electron chi connectivity index (χ2n) is 3.49. The Morgan fingerprint density at radius 2 is 1.50 bits per heavy atom.